The lowest BCUT2D eigenvalue weighted by Crippen LogP contribution is -2.21. The molecule has 3 nitrogen and oxygen atoms in total. The lowest BCUT2D eigenvalue weighted by atomic mass is 10.1. The van der Waals surface area contributed by atoms with E-state index in [0.717, 1.165) is 18.3 Å². The van der Waals surface area contributed by atoms with E-state index >= 15 is 0 Å². The third kappa shape index (κ3) is 5.07. The van der Waals surface area contributed by atoms with Gasteiger partial charge in [0.05, 0.1) is 12.2 Å². The molecular formula is C15H23NO2. The van der Waals surface area contributed by atoms with E-state index in [-0.39, 0.29) is 0 Å². The second-order valence-electron chi connectivity index (χ2n) is 5.71. The van der Waals surface area contributed by atoms with Crippen molar-refractivity contribution in [3.8, 4) is 5.75 Å². The third-order valence-corrected chi connectivity index (χ3v) is 3.05. The molecule has 1 aromatic carbocycles. The molecule has 1 saturated carbocycles. The van der Waals surface area contributed by atoms with Crippen LogP contribution in [-0.2, 0) is 6.54 Å². The Kier molecular flexibility index (Phi) is 4.25. The van der Waals surface area contributed by atoms with Crippen LogP contribution in [-0.4, -0.2) is 23.4 Å². The van der Waals surface area contributed by atoms with Crippen molar-refractivity contribution in [3.63, 3.8) is 0 Å². The molecule has 0 radical (unpaired) electrons. The van der Waals surface area contributed by atoms with Crippen molar-refractivity contribution >= 4 is 0 Å². The first-order chi connectivity index (χ1) is 8.53. The fraction of sp³-hybridized carbons (Fsp3) is 0.600. The van der Waals surface area contributed by atoms with E-state index < -0.39 is 5.60 Å². The Morgan fingerprint density at radius 2 is 2.17 bits per heavy atom. The first-order valence-corrected chi connectivity index (χ1v) is 6.70. The van der Waals surface area contributed by atoms with E-state index in [1.165, 1.54) is 18.4 Å². The van der Waals surface area contributed by atoms with E-state index in [4.69, 9.17) is 4.74 Å². The minimum Gasteiger partial charge on any atom is -0.493 e. The van der Waals surface area contributed by atoms with Gasteiger partial charge in [0.15, 0.2) is 0 Å². The number of hydrogen-bond acceptors (Lipinski definition) is 3. The summed E-state index contributed by atoms with van der Waals surface area (Å²) < 4.78 is 5.66. The van der Waals surface area contributed by atoms with Crippen molar-refractivity contribution in [1.29, 1.82) is 0 Å². The van der Waals surface area contributed by atoms with Crippen molar-refractivity contribution in [3.05, 3.63) is 29.8 Å². The van der Waals surface area contributed by atoms with Crippen molar-refractivity contribution in [2.24, 2.45) is 0 Å². The van der Waals surface area contributed by atoms with Crippen LogP contribution in [0.3, 0.4) is 0 Å². The second kappa shape index (κ2) is 5.72. The van der Waals surface area contributed by atoms with Crippen LogP contribution in [0.1, 0.15) is 38.7 Å². The molecule has 1 fully saturated rings. The van der Waals surface area contributed by atoms with Crippen molar-refractivity contribution < 1.29 is 9.84 Å². The summed E-state index contributed by atoms with van der Waals surface area (Å²) in [5.41, 5.74) is 0.591. The van der Waals surface area contributed by atoms with Crippen molar-refractivity contribution in [2.75, 3.05) is 6.61 Å². The minimum absolute atomic E-state index is 0.545. The summed E-state index contributed by atoms with van der Waals surface area (Å²) in [5.74, 6) is 0.884. The van der Waals surface area contributed by atoms with Gasteiger partial charge in [-0.2, -0.15) is 0 Å². The summed E-state index contributed by atoms with van der Waals surface area (Å²) in [6, 6.07) is 8.89. The highest BCUT2D eigenvalue weighted by Crippen LogP contribution is 2.20. The van der Waals surface area contributed by atoms with Gasteiger partial charge in [-0.3, -0.25) is 0 Å². The van der Waals surface area contributed by atoms with Crippen LogP contribution in [0.2, 0.25) is 0 Å². The molecule has 0 aromatic heterocycles. The molecule has 0 atom stereocenters. The Bertz CT molecular complexity index is 380. The molecule has 0 spiro atoms. The number of aliphatic hydroxyl groups is 1. The number of ether oxygens (including phenoxy) is 1. The number of nitrogens with one attached hydrogen (secondary N) is 1. The maximum absolute atomic E-state index is 9.61. The van der Waals surface area contributed by atoms with E-state index in [1.54, 1.807) is 13.8 Å². The molecule has 0 heterocycles. The third-order valence-electron chi connectivity index (χ3n) is 3.05. The van der Waals surface area contributed by atoms with Gasteiger partial charge < -0.3 is 15.2 Å². The van der Waals surface area contributed by atoms with Crippen LogP contribution in [0.5, 0.6) is 5.75 Å². The second-order valence-corrected chi connectivity index (χ2v) is 5.71. The molecule has 2 rings (SSSR count). The molecule has 0 saturated heterocycles. The Hall–Kier alpha value is -1.06. The molecule has 18 heavy (non-hydrogen) atoms. The summed E-state index contributed by atoms with van der Waals surface area (Å²) in [7, 11) is 0. The first-order valence-electron chi connectivity index (χ1n) is 6.70. The molecule has 1 aromatic rings. The standard InChI is InChI=1S/C15H23NO2/c1-15(2,17)8-9-18-14-5-3-4-12(10-14)11-16-13-6-7-13/h3-5,10,13,16-17H,6-9,11H2,1-2H3. The molecule has 1 aliphatic carbocycles. The fourth-order valence-electron chi connectivity index (χ4n) is 1.71. The highest BCUT2D eigenvalue weighted by molar-refractivity contribution is 5.28. The molecule has 0 bridgehead atoms. The number of benzene rings is 1. The predicted octanol–water partition coefficient (Wildman–Crippen LogP) is 2.48. The molecule has 3 heteroatoms. The van der Waals surface area contributed by atoms with Crippen LogP contribution in [0.15, 0.2) is 24.3 Å². The van der Waals surface area contributed by atoms with Gasteiger partial charge in [0.1, 0.15) is 5.75 Å². The largest absolute Gasteiger partial charge is 0.493 e. The van der Waals surface area contributed by atoms with Crippen molar-refractivity contribution in [2.45, 2.75) is 51.3 Å². The van der Waals surface area contributed by atoms with Crippen LogP contribution in [0.25, 0.3) is 0 Å². The molecule has 1 aliphatic rings. The van der Waals surface area contributed by atoms with Gasteiger partial charge in [0.2, 0.25) is 0 Å². The average Bonchev–Trinajstić information content (AvgIpc) is 3.09. The van der Waals surface area contributed by atoms with E-state index in [0.29, 0.717) is 13.0 Å². The van der Waals surface area contributed by atoms with Crippen LogP contribution in [0.4, 0.5) is 0 Å². The SMILES string of the molecule is CC(C)(O)CCOc1cccc(CNC2CC2)c1. The number of hydrogen-bond donors (Lipinski definition) is 2. The zero-order chi connectivity index (χ0) is 13.0. The van der Waals surface area contributed by atoms with Crippen molar-refractivity contribution in [1.82, 2.24) is 5.32 Å². The summed E-state index contributed by atoms with van der Waals surface area (Å²) in [6.07, 6.45) is 3.25. The molecular weight excluding hydrogens is 226 g/mol. The molecule has 0 unspecified atom stereocenters. The predicted molar refractivity (Wildman–Crippen MR) is 72.7 cm³/mol. The highest BCUT2D eigenvalue weighted by atomic mass is 16.5. The Morgan fingerprint density at radius 3 is 2.83 bits per heavy atom. The summed E-state index contributed by atoms with van der Waals surface area (Å²) in [4.78, 5) is 0. The lowest BCUT2D eigenvalue weighted by molar-refractivity contribution is 0.0553. The van der Waals surface area contributed by atoms with Gasteiger partial charge in [-0.1, -0.05) is 12.1 Å². The molecule has 0 aliphatic heterocycles. The topological polar surface area (TPSA) is 41.5 Å². The molecule has 0 amide bonds. The smallest absolute Gasteiger partial charge is 0.119 e. The maximum atomic E-state index is 9.61. The minimum atomic E-state index is -0.662. The van der Waals surface area contributed by atoms with Crippen LogP contribution in [0, 0.1) is 0 Å². The Balaban J connectivity index is 1.78. The summed E-state index contributed by atoms with van der Waals surface area (Å²) in [5, 5.41) is 13.1. The van der Waals surface area contributed by atoms with Gasteiger partial charge >= 0.3 is 0 Å². The van der Waals surface area contributed by atoms with Gasteiger partial charge in [-0.25, -0.2) is 0 Å². The quantitative estimate of drug-likeness (QED) is 0.780. The monoisotopic (exact) mass is 249 g/mol. The number of rotatable bonds is 7. The lowest BCUT2D eigenvalue weighted by Gasteiger charge is -2.17. The average molecular weight is 249 g/mol. The first kappa shape index (κ1) is 13.4. The van der Waals surface area contributed by atoms with Gasteiger partial charge in [-0.05, 0) is 44.4 Å². The molecule has 2 N–H and O–H groups in total. The Labute approximate surface area is 109 Å². The normalized spacial score (nSPS) is 15.7. The fourth-order valence-corrected chi connectivity index (χ4v) is 1.71. The molecule has 100 valence electrons. The van der Waals surface area contributed by atoms with Gasteiger partial charge in [0, 0.05) is 19.0 Å². The summed E-state index contributed by atoms with van der Waals surface area (Å²) in [6.45, 7) is 5.05. The Morgan fingerprint density at radius 1 is 1.39 bits per heavy atom. The zero-order valence-corrected chi connectivity index (χ0v) is 11.3. The maximum Gasteiger partial charge on any atom is 0.119 e. The zero-order valence-electron chi connectivity index (χ0n) is 11.3. The van der Waals surface area contributed by atoms with E-state index in [9.17, 15) is 5.11 Å². The van der Waals surface area contributed by atoms with E-state index in [1.807, 2.05) is 12.1 Å². The van der Waals surface area contributed by atoms with Gasteiger partial charge in [-0.15, -0.1) is 0 Å². The van der Waals surface area contributed by atoms with Gasteiger partial charge in [0.25, 0.3) is 0 Å². The van der Waals surface area contributed by atoms with Crippen LogP contribution >= 0.6 is 0 Å². The van der Waals surface area contributed by atoms with Crippen LogP contribution < -0.4 is 10.1 Å². The highest BCUT2D eigenvalue weighted by Gasteiger charge is 2.19. The summed E-state index contributed by atoms with van der Waals surface area (Å²) >= 11 is 0. The van der Waals surface area contributed by atoms with E-state index in [2.05, 4.69) is 17.4 Å².